The number of thiazole rings is 1. The molecule has 1 atom stereocenters. The van der Waals surface area contributed by atoms with E-state index in [0.717, 1.165) is 44.8 Å². The molecule has 1 unspecified atom stereocenters. The second kappa shape index (κ2) is 7.94. The summed E-state index contributed by atoms with van der Waals surface area (Å²) in [6, 6.07) is 0. The number of methoxy groups -OCH3 is 1. The van der Waals surface area contributed by atoms with Gasteiger partial charge in [-0.1, -0.05) is 6.92 Å². The predicted molar refractivity (Wildman–Crippen MR) is 77.5 cm³/mol. The Bertz CT molecular complexity index is 376. The van der Waals surface area contributed by atoms with E-state index in [-0.39, 0.29) is 0 Å². The van der Waals surface area contributed by atoms with Gasteiger partial charge in [-0.2, -0.15) is 0 Å². The molecular formula is C14H24N2O2S. The molecule has 1 aliphatic heterocycles. The van der Waals surface area contributed by atoms with Gasteiger partial charge in [0.2, 0.25) is 0 Å². The topological polar surface area (TPSA) is 43.4 Å². The number of rotatable bonds is 8. The first-order valence-electron chi connectivity index (χ1n) is 7.08. The highest BCUT2D eigenvalue weighted by Crippen LogP contribution is 2.25. The molecule has 108 valence electrons. The minimum absolute atomic E-state index is 0.612. The van der Waals surface area contributed by atoms with Crippen LogP contribution < -0.4 is 5.32 Å². The molecule has 4 nitrogen and oxygen atoms in total. The predicted octanol–water partition coefficient (Wildman–Crippen LogP) is 2.37. The summed E-state index contributed by atoms with van der Waals surface area (Å²) in [5.74, 6) is 0.651. The van der Waals surface area contributed by atoms with Gasteiger partial charge in [-0.3, -0.25) is 0 Å². The van der Waals surface area contributed by atoms with Crippen LogP contribution in [0.3, 0.4) is 0 Å². The van der Waals surface area contributed by atoms with Crippen molar-refractivity contribution in [3.05, 3.63) is 15.6 Å². The molecule has 2 rings (SSSR count). The van der Waals surface area contributed by atoms with E-state index in [9.17, 15) is 0 Å². The van der Waals surface area contributed by atoms with Gasteiger partial charge >= 0.3 is 0 Å². The summed E-state index contributed by atoms with van der Waals surface area (Å²) in [4.78, 5) is 6.06. The minimum Gasteiger partial charge on any atom is -0.381 e. The van der Waals surface area contributed by atoms with Gasteiger partial charge in [-0.05, 0) is 25.3 Å². The van der Waals surface area contributed by atoms with E-state index in [1.807, 2.05) is 11.3 Å². The number of hydrogen-bond donors (Lipinski definition) is 1. The van der Waals surface area contributed by atoms with Crippen LogP contribution in [0.4, 0.5) is 0 Å². The van der Waals surface area contributed by atoms with E-state index in [1.54, 1.807) is 7.11 Å². The first-order chi connectivity index (χ1) is 9.33. The van der Waals surface area contributed by atoms with E-state index in [1.165, 1.54) is 16.3 Å². The standard InChI is InChI=1S/C14H24N2O2S/c1-3-5-15-8-13-12(10-17-2)16-14(19-13)7-11-4-6-18-9-11/h11,15H,3-10H2,1-2H3. The molecule has 19 heavy (non-hydrogen) atoms. The second-order valence-electron chi connectivity index (χ2n) is 5.02. The normalized spacial score (nSPS) is 19.2. The Balaban J connectivity index is 1.96. The van der Waals surface area contributed by atoms with Crippen molar-refractivity contribution < 1.29 is 9.47 Å². The van der Waals surface area contributed by atoms with Crippen molar-refractivity contribution in [3.63, 3.8) is 0 Å². The number of ether oxygens (including phenoxy) is 2. The van der Waals surface area contributed by atoms with Gasteiger partial charge in [-0.15, -0.1) is 11.3 Å². The van der Waals surface area contributed by atoms with E-state index < -0.39 is 0 Å². The number of hydrogen-bond acceptors (Lipinski definition) is 5. The molecule has 1 N–H and O–H groups in total. The molecule has 0 bridgehead atoms. The molecule has 1 aromatic rings. The SMILES string of the molecule is CCCNCc1sc(CC2CCOC2)nc1COC. The maximum Gasteiger partial charge on any atom is 0.0936 e. The highest BCUT2D eigenvalue weighted by molar-refractivity contribution is 7.11. The highest BCUT2D eigenvalue weighted by atomic mass is 32.1. The molecule has 5 heteroatoms. The fourth-order valence-corrected chi connectivity index (χ4v) is 3.44. The van der Waals surface area contributed by atoms with Crippen molar-refractivity contribution in [2.45, 2.75) is 39.3 Å². The lowest BCUT2D eigenvalue weighted by molar-refractivity contribution is 0.180. The minimum atomic E-state index is 0.612. The van der Waals surface area contributed by atoms with Crippen molar-refractivity contribution in [2.75, 3.05) is 26.9 Å². The third kappa shape index (κ3) is 4.53. The first-order valence-corrected chi connectivity index (χ1v) is 7.90. The van der Waals surface area contributed by atoms with Crippen LogP contribution in [-0.2, 0) is 29.0 Å². The average Bonchev–Trinajstić information content (AvgIpc) is 3.02. The van der Waals surface area contributed by atoms with Crippen LogP contribution in [0.1, 0.15) is 35.3 Å². The van der Waals surface area contributed by atoms with Gasteiger partial charge in [-0.25, -0.2) is 4.98 Å². The Labute approximate surface area is 119 Å². The molecule has 0 saturated carbocycles. The molecule has 1 aliphatic rings. The van der Waals surface area contributed by atoms with Crippen LogP contribution in [0.15, 0.2) is 0 Å². The lowest BCUT2D eigenvalue weighted by Crippen LogP contribution is -2.14. The van der Waals surface area contributed by atoms with Crippen LogP contribution in [0.25, 0.3) is 0 Å². The summed E-state index contributed by atoms with van der Waals surface area (Å²) in [6.07, 6.45) is 3.38. The zero-order valence-electron chi connectivity index (χ0n) is 11.9. The third-order valence-corrected chi connectivity index (χ3v) is 4.42. The van der Waals surface area contributed by atoms with Crippen molar-refractivity contribution in [1.82, 2.24) is 10.3 Å². The number of aromatic nitrogens is 1. The Hall–Kier alpha value is -0.490. The molecule has 0 radical (unpaired) electrons. The molecule has 0 aliphatic carbocycles. The zero-order valence-corrected chi connectivity index (χ0v) is 12.7. The maximum atomic E-state index is 5.43. The molecule has 2 heterocycles. The van der Waals surface area contributed by atoms with Crippen LogP contribution >= 0.6 is 11.3 Å². The Kier molecular flexibility index (Phi) is 6.23. The lowest BCUT2D eigenvalue weighted by Gasteiger charge is -2.02. The van der Waals surface area contributed by atoms with Gasteiger partial charge in [0.25, 0.3) is 0 Å². The summed E-state index contributed by atoms with van der Waals surface area (Å²) in [7, 11) is 1.73. The van der Waals surface area contributed by atoms with Crippen LogP contribution in [0.5, 0.6) is 0 Å². The van der Waals surface area contributed by atoms with E-state index in [2.05, 4.69) is 12.2 Å². The lowest BCUT2D eigenvalue weighted by atomic mass is 10.1. The maximum absolute atomic E-state index is 5.43. The van der Waals surface area contributed by atoms with Crippen molar-refractivity contribution in [3.8, 4) is 0 Å². The van der Waals surface area contributed by atoms with Gasteiger partial charge in [0.1, 0.15) is 0 Å². The number of nitrogens with one attached hydrogen (secondary N) is 1. The van der Waals surface area contributed by atoms with Crippen molar-refractivity contribution in [1.29, 1.82) is 0 Å². The first kappa shape index (κ1) is 14.9. The summed E-state index contributed by atoms with van der Waals surface area (Å²) >= 11 is 1.83. The average molecular weight is 284 g/mol. The Morgan fingerprint density at radius 1 is 1.53 bits per heavy atom. The molecular weight excluding hydrogens is 260 g/mol. The van der Waals surface area contributed by atoms with E-state index >= 15 is 0 Å². The van der Waals surface area contributed by atoms with Gasteiger partial charge < -0.3 is 14.8 Å². The second-order valence-corrected chi connectivity index (χ2v) is 6.19. The monoisotopic (exact) mass is 284 g/mol. The summed E-state index contributed by atoms with van der Waals surface area (Å²) < 4.78 is 10.7. The number of nitrogens with zero attached hydrogens (tertiary/aromatic N) is 1. The zero-order chi connectivity index (χ0) is 13.5. The summed E-state index contributed by atoms with van der Waals surface area (Å²) in [6.45, 7) is 6.55. The van der Waals surface area contributed by atoms with Crippen molar-refractivity contribution in [2.24, 2.45) is 5.92 Å². The molecule has 1 fully saturated rings. The third-order valence-electron chi connectivity index (χ3n) is 3.30. The Morgan fingerprint density at radius 2 is 2.42 bits per heavy atom. The van der Waals surface area contributed by atoms with Crippen LogP contribution in [0.2, 0.25) is 0 Å². The fraction of sp³-hybridized carbons (Fsp3) is 0.786. The van der Waals surface area contributed by atoms with Gasteiger partial charge in [0, 0.05) is 38.2 Å². The molecule has 1 aromatic heterocycles. The molecule has 1 saturated heterocycles. The van der Waals surface area contributed by atoms with E-state index in [0.29, 0.717) is 12.5 Å². The summed E-state index contributed by atoms with van der Waals surface area (Å²) in [5.41, 5.74) is 1.10. The van der Waals surface area contributed by atoms with Crippen molar-refractivity contribution >= 4 is 11.3 Å². The molecule has 0 spiro atoms. The smallest absolute Gasteiger partial charge is 0.0936 e. The molecule has 0 amide bonds. The van der Waals surface area contributed by atoms with Crippen LogP contribution in [-0.4, -0.2) is 31.9 Å². The van der Waals surface area contributed by atoms with Crippen LogP contribution in [0, 0.1) is 5.92 Å². The molecule has 0 aromatic carbocycles. The highest BCUT2D eigenvalue weighted by Gasteiger charge is 2.19. The summed E-state index contributed by atoms with van der Waals surface area (Å²) in [5, 5.41) is 4.68. The van der Waals surface area contributed by atoms with Gasteiger partial charge in [0.05, 0.1) is 17.3 Å². The fourth-order valence-electron chi connectivity index (χ4n) is 2.28. The largest absolute Gasteiger partial charge is 0.381 e. The quantitative estimate of drug-likeness (QED) is 0.744. The van der Waals surface area contributed by atoms with Gasteiger partial charge in [0.15, 0.2) is 0 Å². The Morgan fingerprint density at radius 3 is 3.11 bits per heavy atom. The van der Waals surface area contributed by atoms with E-state index in [4.69, 9.17) is 14.5 Å².